The minimum absolute atomic E-state index is 0.0153. The van der Waals surface area contributed by atoms with Gasteiger partial charge >= 0.3 is 6.03 Å². The Hall–Kier alpha value is -4.88. The maximum absolute atomic E-state index is 13.9. The van der Waals surface area contributed by atoms with Crippen molar-refractivity contribution >= 4 is 29.6 Å². The van der Waals surface area contributed by atoms with Crippen molar-refractivity contribution in [2.45, 2.75) is 19.9 Å². The first-order chi connectivity index (χ1) is 19.4. The van der Waals surface area contributed by atoms with Crippen molar-refractivity contribution in [1.29, 1.82) is 0 Å². The predicted molar refractivity (Wildman–Crippen MR) is 146 cm³/mol. The molecule has 2 aromatic rings. The zero-order chi connectivity index (χ0) is 30.3. The molecule has 2 amide bonds. The number of hydrogen-bond donors (Lipinski definition) is 4. The number of phenolic OH excluding ortho intramolecular Hbond substituents is 1. The molecular weight excluding hydrogens is 549 g/mol. The number of nitrogen functional groups attached to an aromatic ring is 1. The van der Waals surface area contributed by atoms with E-state index in [0.717, 1.165) is 30.0 Å². The number of rotatable bonds is 8. The van der Waals surface area contributed by atoms with Crippen LogP contribution in [0.1, 0.15) is 18.1 Å². The summed E-state index contributed by atoms with van der Waals surface area (Å²) >= 11 is 0. The van der Waals surface area contributed by atoms with Crippen LogP contribution in [0.5, 0.6) is 5.75 Å². The zero-order valence-corrected chi connectivity index (χ0v) is 22.1. The number of allylic oxidation sites excluding steroid dienone is 1. The molecule has 0 radical (unpaired) electrons. The summed E-state index contributed by atoms with van der Waals surface area (Å²) < 4.78 is 66.4. The number of phenols is 1. The molecule has 41 heavy (non-hydrogen) atoms. The molecule has 3 rings (SSSR count). The quantitative estimate of drug-likeness (QED) is 0.119. The Labute approximate surface area is 232 Å². The Morgan fingerprint density at radius 3 is 2.54 bits per heavy atom. The number of benzene rings is 2. The second kappa shape index (κ2) is 13.5. The van der Waals surface area contributed by atoms with Gasteiger partial charge in [-0.3, -0.25) is 15.2 Å². The third kappa shape index (κ3) is 8.06. The maximum atomic E-state index is 13.9. The number of dihydropyridines is 1. The van der Waals surface area contributed by atoms with Gasteiger partial charge in [-0.25, -0.2) is 31.7 Å². The lowest BCUT2D eigenvalue weighted by atomic mass is 10.1. The minimum atomic E-state index is -2.68. The molecule has 14 heteroatoms. The number of aliphatic imine (C=N–C) groups is 2. The largest absolute Gasteiger partial charge is 0.506 e. The number of hydrogen-bond acceptors (Lipinski definition) is 6. The van der Waals surface area contributed by atoms with Gasteiger partial charge in [0.25, 0.3) is 6.43 Å². The average Bonchev–Trinajstić information content (AvgIpc) is 2.91. The van der Waals surface area contributed by atoms with Crippen LogP contribution < -0.4 is 16.4 Å². The highest BCUT2D eigenvalue weighted by Gasteiger charge is 2.21. The Morgan fingerprint density at radius 1 is 1.24 bits per heavy atom. The highest BCUT2D eigenvalue weighted by Crippen LogP contribution is 2.31. The van der Waals surface area contributed by atoms with Gasteiger partial charge in [-0.05, 0) is 36.8 Å². The van der Waals surface area contributed by atoms with E-state index in [2.05, 4.69) is 27.2 Å². The first-order valence-electron chi connectivity index (χ1n) is 12.1. The number of amides is 2. The van der Waals surface area contributed by atoms with Crippen molar-refractivity contribution < 1.29 is 31.9 Å². The summed E-state index contributed by atoms with van der Waals surface area (Å²) in [6, 6.07) is 3.20. The van der Waals surface area contributed by atoms with Gasteiger partial charge in [0.05, 0.1) is 18.8 Å². The number of carbonyl (C=O) groups excluding carboxylic acids is 1. The number of nitrogens with two attached hydrogens (primary N) is 1. The number of nitrogens with zero attached hydrogens (tertiary/aromatic N) is 4. The number of likely N-dealkylation sites (N-methyl/N-ethyl adjacent to an activating group) is 1. The third-order valence-corrected chi connectivity index (χ3v) is 5.71. The fourth-order valence-corrected chi connectivity index (χ4v) is 3.59. The third-order valence-electron chi connectivity index (χ3n) is 5.71. The van der Waals surface area contributed by atoms with Crippen LogP contribution in [0.15, 0.2) is 70.6 Å². The summed E-state index contributed by atoms with van der Waals surface area (Å²) in [6.07, 6.45) is 2.98. The molecule has 0 spiro atoms. The highest BCUT2D eigenvalue weighted by molar-refractivity contribution is 5.99. The molecule has 0 saturated carbocycles. The van der Waals surface area contributed by atoms with Crippen molar-refractivity contribution in [3.63, 3.8) is 0 Å². The van der Waals surface area contributed by atoms with Crippen molar-refractivity contribution in [1.82, 2.24) is 20.4 Å². The van der Waals surface area contributed by atoms with Gasteiger partial charge in [-0.15, -0.1) is 0 Å². The smallest absolute Gasteiger partial charge is 0.328 e. The summed E-state index contributed by atoms with van der Waals surface area (Å²) in [7, 11) is 1.48. The van der Waals surface area contributed by atoms with Crippen LogP contribution in [0, 0.1) is 17.5 Å². The number of anilines is 1. The first kappa shape index (κ1) is 30.7. The Bertz CT molecular complexity index is 1420. The van der Waals surface area contributed by atoms with E-state index in [1.165, 1.54) is 29.1 Å². The van der Waals surface area contributed by atoms with Crippen LogP contribution in [-0.4, -0.2) is 59.7 Å². The minimum Gasteiger partial charge on any atom is -0.506 e. The molecule has 2 aromatic carbocycles. The molecule has 0 unspecified atom stereocenters. The number of guanidine groups is 1. The lowest BCUT2D eigenvalue weighted by Gasteiger charge is -2.27. The van der Waals surface area contributed by atoms with Crippen LogP contribution in [0.4, 0.5) is 38.1 Å². The lowest BCUT2D eigenvalue weighted by Crippen LogP contribution is -2.46. The van der Waals surface area contributed by atoms with Crippen LogP contribution in [0.25, 0.3) is 0 Å². The molecule has 9 nitrogen and oxygen atoms in total. The zero-order valence-electron chi connectivity index (χ0n) is 22.1. The second-order valence-corrected chi connectivity index (χ2v) is 8.90. The van der Waals surface area contributed by atoms with Crippen molar-refractivity contribution in [3.05, 3.63) is 89.2 Å². The topological polar surface area (TPSA) is 119 Å². The maximum Gasteiger partial charge on any atom is 0.328 e. The second-order valence-electron chi connectivity index (χ2n) is 8.90. The van der Waals surface area contributed by atoms with Gasteiger partial charge in [0.1, 0.15) is 11.4 Å². The van der Waals surface area contributed by atoms with E-state index in [9.17, 15) is 31.9 Å². The number of alkyl halides is 2. The summed E-state index contributed by atoms with van der Waals surface area (Å²) in [4.78, 5) is 23.6. The standard InChI is InChI=1S/C27H28F5N7O2/c1-4-39(14-16-6-19(28)25(32)20(29)7-16)26(37-27(41)38(3)18-5-15(2)10-34-12-18)36-22-8-17(11-35-13-24(30)31)21(33)9-23(22)40/h4-9,11-12,24,34,40H,1,10,13-14,33H2,2-3H3,(H,36,37,41). The summed E-state index contributed by atoms with van der Waals surface area (Å²) in [5, 5.41) is 16.1. The number of carbonyl (C=O) groups is 1. The summed E-state index contributed by atoms with van der Waals surface area (Å²) in [6.45, 7) is 5.01. The normalized spacial score (nSPS) is 13.5. The molecule has 0 saturated heterocycles. The number of urea groups is 1. The fourth-order valence-electron chi connectivity index (χ4n) is 3.59. The van der Waals surface area contributed by atoms with E-state index in [1.54, 1.807) is 12.3 Å². The van der Waals surface area contributed by atoms with Gasteiger partial charge in [0.2, 0.25) is 5.96 Å². The Balaban J connectivity index is 2.04. The summed E-state index contributed by atoms with van der Waals surface area (Å²) in [5.74, 6) is -5.19. The SMILES string of the molecule is C=CN(Cc1cc(F)c(F)c(F)c1)C(=Nc1cc(C=NCC(F)F)c(N)cc1O)NC(=O)N(C)C1=CNCC(C)=C1. The molecule has 1 aliphatic heterocycles. The monoisotopic (exact) mass is 577 g/mol. The lowest BCUT2D eigenvalue weighted by molar-refractivity contribution is 0.159. The van der Waals surface area contributed by atoms with E-state index in [1.807, 2.05) is 6.92 Å². The molecule has 0 aromatic heterocycles. The molecule has 1 heterocycles. The predicted octanol–water partition coefficient (Wildman–Crippen LogP) is 4.74. The molecule has 0 bridgehead atoms. The average molecular weight is 578 g/mol. The van der Waals surface area contributed by atoms with Gasteiger partial charge in [-0.1, -0.05) is 12.2 Å². The fraction of sp³-hybridized carbons (Fsp3) is 0.222. The van der Waals surface area contributed by atoms with Crippen molar-refractivity contribution in [3.8, 4) is 5.75 Å². The van der Waals surface area contributed by atoms with Gasteiger partial charge in [0, 0.05) is 49.5 Å². The van der Waals surface area contributed by atoms with Crippen LogP contribution in [0.3, 0.4) is 0 Å². The first-order valence-corrected chi connectivity index (χ1v) is 12.1. The van der Waals surface area contributed by atoms with E-state index in [-0.39, 0.29) is 35.0 Å². The molecular formula is C27H28F5N7O2. The number of halogens is 5. The molecule has 0 aliphatic carbocycles. The summed E-state index contributed by atoms with van der Waals surface area (Å²) in [5.41, 5.74) is 7.31. The highest BCUT2D eigenvalue weighted by atomic mass is 19.3. The van der Waals surface area contributed by atoms with E-state index < -0.39 is 42.2 Å². The molecule has 0 fully saturated rings. The van der Waals surface area contributed by atoms with Crippen molar-refractivity contribution in [2.75, 3.05) is 25.9 Å². The van der Waals surface area contributed by atoms with Gasteiger partial charge in [0.15, 0.2) is 17.5 Å². The van der Waals surface area contributed by atoms with Crippen molar-refractivity contribution in [2.24, 2.45) is 9.98 Å². The van der Waals surface area contributed by atoms with Crippen LogP contribution >= 0.6 is 0 Å². The Morgan fingerprint density at radius 2 is 1.93 bits per heavy atom. The molecule has 218 valence electrons. The Kier molecular flexibility index (Phi) is 10.1. The number of nitrogens with one attached hydrogen (secondary N) is 2. The van der Waals surface area contributed by atoms with Gasteiger partial charge < -0.3 is 21.1 Å². The van der Waals surface area contributed by atoms with E-state index in [0.29, 0.717) is 12.2 Å². The van der Waals surface area contributed by atoms with E-state index >= 15 is 0 Å². The molecule has 5 N–H and O–H groups in total. The molecule has 0 atom stereocenters. The molecule has 1 aliphatic rings. The van der Waals surface area contributed by atoms with Crippen LogP contribution in [-0.2, 0) is 6.54 Å². The van der Waals surface area contributed by atoms with Gasteiger partial charge in [-0.2, -0.15) is 0 Å². The number of aromatic hydroxyl groups is 1. The van der Waals surface area contributed by atoms with Crippen LogP contribution in [0.2, 0.25) is 0 Å². The van der Waals surface area contributed by atoms with E-state index in [4.69, 9.17) is 5.73 Å².